The van der Waals surface area contributed by atoms with Crippen LogP contribution in [0.2, 0.25) is 0 Å². The monoisotopic (exact) mass is 258 g/mol. The van der Waals surface area contributed by atoms with Crippen LogP contribution in [0.4, 0.5) is 0 Å². The summed E-state index contributed by atoms with van der Waals surface area (Å²) in [6.45, 7) is 2.54. The highest BCUT2D eigenvalue weighted by molar-refractivity contribution is 5.95. The molecule has 98 valence electrons. The van der Waals surface area contributed by atoms with Crippen LogP contribution in [0.5, 0.6) is 0 Å². The van der Waals surface area contributed by atoms with Crippen molar-refractivity contribution < 1.29 is 14.7 Å². The van der Waals surface area contributed by atoms with Gasteiger partial charge in [-0.3, -0.25) is 9.59 Å². The van der Waals surface area contributed by atoms with Crippen LogP contribution in [-0.2, 0) is 4.79 Å². The lowest BCUT2D eigenvalue weighted by molar-refractivity contribution is -0.142. The Morgan fingerprint density at radius 1 is 1.32 bits per heavy atom. The normalized spacial score (nSPS) is 22.0. The molecule has 0 aromatic heterocycles. The summed E-state index contributed by atoms with van der Waals surface area (Å²) in [5, 5.41) is 17.7. The van der Waals surface area contributed by atoms with Gasteiger partial charge in [0, 0.05) is 18.7 Å². The molecule has 1 aromatic carbocycles. The molecule has 1 N–H and O–H groups in total. The van der Waals surface area contributed by atoms with Gasteiger partial charge in [0.1, 0.15) is 0 Å². The van der Waals surface area contributed by atoms with Crippen LogP contribution >= 0.6 is 0 Å². The smallest absolute Gasteiger partial charge is 0.308 e. The van der Waals surface area contributed by atoms with Crippen LogP contribution in [0.15, 0.2) is 24.3 Å². The first-order valence-electron chi connectivity index (χ1n) is 6.05. The van der Waals surface area contributed by atoms with Crippen molar-refractivity contribution in [3.8, 4) is 6.07 Å². The predicted molar refractivity (Wildman–Crippen MR) is 67.4 cm³/mol. The maximum atomic E-state index is 12.2. The summed E-state index contributed by atoms with van der Waals surface area (Å²) < 4.78 is 0. The molecular weight excluding hydrogens is 244 g/mol. The number of nitriles is 1. The molecule has 2 rings (SSSR count). The average Bonchev–Trinajstić information content (AvgIpc) is 2.80. The lowest BCUT2D eigenvalue weighted by Gasteiger charge is -2.15. The minimum absolute atomic E-state index is 0.0418. The van der Waals surface area contributed by atoms with E-state index < -0.39 is 11.9 Å². The first-order chi connectivity index (χ1) is 9.02. The summed E-state index contributed by atoms with van der Waals surface area (Å²) in [4.78, 5) is 24.8. The highest BCUT2D eigenvalue weighted by atomic mass is 16.4. The topological polar surface area (TPSA) is 81.4 Å². The number of aliphatic carboxylic acids is 1. The van der Waals surface area contributed by atoms with Crippen molar-refractivity contribution in [2.75, 3.05) is 13.1 Å². The van der Waals surface area contributed by atoms with E-state index in [9.17, 15) is 9.59 Å². The number of hydrogen-bond donors (Lipinski definition) is 1. The molecule has 1 amide bonds. The number of benzene rings is 1. The lowest BCUT2D eigenvalue weighted by Crippen LogP contribution is -2.29. The molecule has 5 nitrogen and oxygen atoms in total. The zero-order valence-electron chi connectivity index (χ0n) is 10.5. The second-order valence-corrected chi connectivity index (χ2v) is 4.82. The van der Waals surface area contributed by atoms with Crippen molar-refractivity contribution in [1.29, 1.82) is 5.26 Å². The summed E-state index contributed by atoms with van der Waals surface area (Å²) in [6.07, 6.45) is 0. The van der Waals surface area contributed by atoms with Gasteiger partial charge in [-0.1, -0.05) is 6.92 Å². The fraction of sp³-hybridized carbons (Fsp3) is 0.357. The number of carbonyl (C=O) groups excluding carboxylic acids is 1. The Balaban J connectivity index is 2.12. The molecule has 0 spiro atoms. The predicted octanol–water partition coefficient (Wildman–Crippen LogP) is 1.35. The van der Waals surface area contributed by atoms with E-state index >= 15 is 0 Å². The molecule has 2 atom stereocenters. The van der Waals surface area contributed by atoms with Crippen molar-refractivity contribution in [3.05, 3.63) is 35.4 Å². The van der Waals surface area contributed by atoms with Crippen molar-refractivity contribution in [2.45, 2.75) is 6.92 Å². The Bertz CT molecular complexity index is 545. The molecule has 0 bridgehead atoms. The standard InChI is InChI=1S/C14H14N2O3/c1-9-7-16(8-12(9)14(18)19)13(17)11-4-2-10(6-15)3-5-11/h2-5,9,12H,7-8H2,1H3,(H,18,19). The van der Waals surface area contributed by atoms with Crippen LogP contribution in [0, 0.1) is 23.2 Å². The van der Waals surface area contributed by atoms with Crippen LogP contribution < -0.4 is 0 Å². The van der Waals surface area contributed by atoms with Gasteiger partial charge in [0.05, 0.1) is 17.6 Å². The van der Waals surface area contributed by atoms with E-state index in [4.69, 9.17) is 10.4 Å². The van der Waals surface area contributed by atoms with Gasteiger partial charge in [-0.25, -0.2) is 0 Å². The minimum Gasteiger partial charge on any atom is -0.481 e. The van der Waals surface area contributed by atoms with E-state index in [1.54, 1.807) is 29.2 Å². The Morgan fingerprint density at radius 3 is 2.42 bits per heavy atom. The maximum Gasteiger partial charge on any atom is 0.308 e. The van der Waals surface area contributed by atoms with E-state index in [1.807, 2.05) is 13.0 Å². The SMILES string of the molecule is CC1CN(C(=O)c2ccc(C#N)cc2)CC1C(=O)O. The highest BCUT2D eigenvalue weighted by Crippen LogP contribution is 2.24. The van der Waals surface area contributed by atoms with Crippen molar-refractivity contribution in [1.82, 2.24) is 4.90 Å². The van der Waals surface area contributed by atoms with Gasteiger partial charge < -0.3 is 10.0 Å². The number of likely N-dealkylation sites (tertiary alicyclic amines) is 1. The largest absolute Gasteiger partial charge is 0.481 e. The summed E-state index contributed by atoms with van der Waals surface area (Å²) in [6, 6.07) is 8.35. The van der Waals surface area contributed by atoms with Crippen LogP contribution in [-0.4, -0.2) is 35.0 Å². The molecule has 1 saturated heterocycles. The summed E-state index contributed by atoms with van der Waals surface area (Å²) in [5.41, 5.74) is 0.979. The van der Waals surface area contributed by atoms with E-state index in [0.717, 1.165) is 0 Å². The van der Waals surface area contributed by atoms with Crippen LogP contribution in [0.3, 0.4) is 0 Å². The molecule has 1 aromatic rings. The second-order valence-electron chi connectivity index (χ2n) is 4.82. The minimum atomic E-state index is -0.859. The molecule has 1 aliphatic rings. The molecule has 1 aliphatic heterocycles. The summed E-state index contributed by atoms with van der Waals surface area (Å²) >= 11 is 0. The number of carboxylic acids is 1. The molecule has 0 aliphatic carbocycles. The zero-order chi connectivity index (χ0) is 14.0. The number of nitrogens with zero attached hydrogens (tertiary/aromatic N) is 2. The van der Waals surface area contributed by atoms with Gasteiger partial charge in [0.15, 0.2) is 0 Å². The first-order valence-corrected chi connectivity index (χ1v) is 6.05. The molecule has 1 fully saturated rings. The number of carbonyl (C=O) groups is 2. The van der Waals surface area contributed by atoms with Crippen LogP contribution in [0.1, 0.15) is 22.8 Å². The molecule has 19 heavy (non-hydrogen) atoms. The fourth-order valence-corrected chi connectivity index (χ4v) is 2.32. The van der Waals surface area contributed by atoms with E-state index in [0.29, 0.717) is 17.7 Å². The lowest BCUT2D eigenvalue weighted by atomic mass is 9.99. The molecule has 1 heterocycles. The third kappa shape index (κ3) is 2.58. The Labute approximate surface area is 111 Å². The van der Waals surface area contributed by atoms with E-state index in [1.165, 1.54) is 0 Å². The summed E-state index contributed by atoms with van der Waals surface area (Å²) in [7, 11) is 0. The number of hydrogen-bond acceptors (Lipinski definition) is 3. The molecular formula is C14H14N2O3. The number of amides is 1. The first kappa shape index (κ1) is 13.1. The van der Waals surface area contributed by atoms with Gasteiger partial charge in [-0.2, -0.15) is 5.26 Å². The van der Waals surface area contributed by atoms with Gasteiger partial charge in [-0.15, -0.1) is 0 Å². The Hall–Kier alpha value is -2.35. The average molecular weight is 258 g/mol. The van der Waals surface area contributed by atoms with Crippen LogP contribution in [0.25, 0.3) is 0 Å². The number of rotatable bonds is 2. The van der Waals surface area contributed by atoms with Gasteiger partial charge in [0.25, 0.3) is 5.91 Å². The maximum absolute atomic E-state index is 12.2. The zero-order valence-corrected chi connectivity index (χ0v) is 10.5. The highest BCUT2D eigenvalue weighted by Gasteiger charge is 2.37. The van der Waals surface area contributed by atoms with E-state index in [-0.39, 0.29) is 18.4 Å². The van der Waals surface area contributed by atoms with Gasteiger partial charge in [-0.05, 0) is 30.2 Å². The number of carboxylic acid groups (broad SMARTS) is 1. The Morgan fingerprint density at radius 2 is 1.95 bits per heavy atom. The third-order valence-corrected chi connectivity index (χ3v) is 3.48. The fourth-order valence-electron chi connectivity index (χ4n) is 2.32. The molecule has 0 saturated carbocycles. The second kappa shape index (κ2) is 5.11. The molecule has 2 unspecified atom stereocenters. The summed E-state index contributed by atoms with van der Waals surface area (Å²) in [5.74, 6) is -1.58. The van der Waals surface area contributed by atoms with Gasteiger partial charge >= 0.3 is 5.97 Å². The van der Waals surface area contributed by atoms with Gasteiger partial charge in [0.2, 0.25) is 0 Å². The quantitative estimate of drug-likeness (QED) is 0.868. The third-order valence-electron chi connectivity index (χ3n) is 3.48. The van der Waals surface area contributed by atoms with Crippen molar-refractivity contribution in [3.63, 3.8) is 0 Å². The molecule has 0 radical (unpaired) electrons. The van der Waals surface area contributed by atoms with E-state index in [2.05, 4.69) is 0 Å². The van der Waals surface area contributed by atoms with Crippen molar-refractivity contribution >= 4 is 11.9 Å². The molecule has 5 heteroatoms. The Kier molecular flexibility index (Phi) is 3.52. The van der Waals surface area contributed by atoms with Crippen molar-refractivity contribution in [2.24, 2.45) is 11.8 Å².